The van der Waals surface area contributed by atoms with Crippen LogP contribution in [-0.4, -0.2) is 34.5 Å². The summed E-state index contributed by atoms with van der Waals surface area (Å²) in [5.41, 5.74) is 3.19. The molecule has 1 atom stereocenters. The largest absolute Gasteiger partial charge is 0.497 e. The third-order valence-electron chi connectivity index (χ3n) is 4.05. The maximum Gasteiger partial charge on any atom is 0.242 e. The number of amides is 1. The molecular weight excluding hydrogens is 346 g/mol. The van der Waals surface area contributed by atoms with Crippen LogP contribution in [0.4, 0.5) is 0 Å². The second-order valence-electron chi connectivity index (χ2n) is 6.07. The molecule has 26 heavy (non-hydrogen) atoms. The van der Waals surface area contributed by atoms with E-state index in [1.54, 1.807) is 18.2 Å². The Morgan fingerprint density at radius 3 is 2.50 bits per heavy atom. The molecule has 1 amide bonds. The van der Waals surface area contributed by atoms with E-state index in [-0.39, 0.29) is 11.2 Å². The summed E-state index contributed by atoms with van der Waals surface area (Å²) in [4.78, 5) is 14.1. The summed E-state index contributed by atoms with van der Waals surface area (Å²) in [6.07, 6.45) is 1.70. The Balaban J connectivity index is 1.75. The number of hydrogen-bond acceptors (Lipinski definition) is 5. The van der Waals surface area contributed by atoms with Gasteiger partial charge in [0.25, 0.3) is 0 Å². The van der Waals surface area contributed by atoms with Crippen molar-refractivity contribution in [2.45, 2.75) is 25.6 Å². The van der Waals surface area contributed by atoms with E-state index < -0.39 is 0 Å². The van der Waals surface area contributed by atoms with Crippen molar-refractivity contribution in [2.24, 2.45) is 10.2 Å². The van der Waals surface area contributed by atoms with E-state index in [1.165, 1.54) is 17.3 Å². The molecule has 6 heteroatoms. The van der Waals surface area contributed by atoms with Crippen molar-refractivity contribution < 1.29 is 9.53 Å². The molecule has 1 heterocycles. The maximum absolute atomic E-state index is 12.5. The number of aryl methyl sites for hydroxylation is 1. The van der Waals surface area contributed by atoms with Gasteiger partial charge in [-0.25, -0.2) is 0 Å². The maximum atomic E-state index is 12.5. The molecule has 0 radical (unpaired) electrons. The zero-order chi connectivity index (χ0) is 18.5. The predicted molar refractivity (Wildman–Crippen MR) is 107 cm³/mol. The Kier molecular flexibility index (Phi) is 5.73. The van der Waals surface area contributed by atoms with Crippen molar-refractivity contribution in [3.63, 3.8) is 0 Å². The number of amidine groups is 1. The van der Waals surface area contributed by atoms with Crippen molar-refractivity contribution in [3.8, 4) is 5.75 Å². The van der Waals surface area contributed by atoms with E-state index in [2.05, 4.69) is 10.2 Å². The SMILES string of the molecule is COc1ccc(CN2C(=O)[C@H](C)S/C2=N\N=C/c2ccc(C)cc2)cc1. The van der Waals surface area contributed by atoms with E-state index in [0.29, 0.717) is 11.7 Å². The van der Waals surface area contributed by atoms with Gasteiger partial charge in [-0.2, -0.15) is 5.10 Å². The number of carbonyl (C=O) groups excluding carboxylic acids is 1. The third-order valence-corrected chi connectivity index (χ3v) is 5.12. The highest BCUT2D eigenvalue weighted by atomic mass is 32.2. The third kappa shape index (κ3) is 4.32. The van der Waals surface area contributed by atoms with Crippen LogP contribution in [0.25, 0.3) is 0 Å². The number of nitrogens with zero attached hydrogens (tertiary/aromatic N) is 3. The molecule has 0 spiro atoms. The van der Waals surface area contributed by atoms with Crippen LogP contribution < -0.4 is 4.74 Å². The Hall–Kier alpha value is -2.60. The van der Waals surface area contributed by atoms with Crippen molar-refractivity contribution >= 4 is 29.1 Å². The monoisotopic (exact) mass is 367 g/mol. The summed E-state index contributed by atoms with van der Waals surface area (Å²) < 4.78 is 5.17. The fraction of sp³-hybridized carbons (Fsp3) is 0.250. The molecule has 2 aromatic rings. The molecule has 0 N–H and O–H groups in total. The van der Waals surface area contributed by atoms with Crippen LogP contribution in [0.2, 0.25) is 0 Å². The number of ether oxygens (including phenoxy) is 1. The first-order valence-electron chi connectivity index (χ1n) is 8.35. The van der Waals surface area contributed by atoms with Gasteiger partial charge in [-0.3, -0.25) is 9.69 Å². The van der Waals surface area contributed by atoms with E-state index in [4.69, 9.17) is 4.74 Å². The van der Waals surface area contributed by atoms with Gasteiger partial charge in [-0.15, -0.1) is 5.10 Å². The molecule has 3 rings (SSSR count). The van der Waals surface area contributed by atoms with Crippen LogP contribution in [0.15, 0.2) is 58.7 Å². The van der Waals surface area contributed by atoms with Gasteiger partial charge in [0.2, 0.25) is 5.91 Å². The van der Waals surface area contributed by atoms with E-state index in [0.717, 1.165) is 16.9 Å². The zero-order valence-corrected chi connectivity index (χ0v) is 15.9. The molecule has 2 aromatic carbocycles. The normalized spacial score (nSPS) is 18.9. The van der Waals surface area contributed by atoms with Crippen LogP contribution in [0, 0.1) is 6.92 Å². The Labute approximate surface area is 157 Å². The lowest BCUT2D eigenvalue weighted by Gasteiger charge is -2.15. The molecule has 1 saturated heterocycles. The van der Waals surface area contributed by atoms with Gasteiger partial charge in [-0.05, 0) is 37.1 Å². The van der Waals surface area contributed by atoms with Gasteiger partial charge in [0.05, 0.1) is 25.1 Å². The minimum atomic E-state index is -0.151. The number of hydrogen-bond donors (Lipinski definition) is 0. The standard InChI is InChI=1S/C20H21N3O2S/c1-14-4-6-16(7-5-14)12-21-22-20-23(19(24)15(2)26-20)13-17-8-10-18(25-3)11-9-17/h4-12,15H,13H2,1-3H3/b21-12-,22-20-/t15-/m0/s1. The lowest BCUT2D eigenvalue weighted by atomic mass is 10.2. The quantitative estimate of drug-likeness (QED) is 0.596. The van der Waals surface area contributed by atoms with Gasteiger partial charge >= 0.3 is 0 Å². The van der Waals surface area contributed by atoms with Crippen LogP contribution in [0.5, 0.6) is 5.75 Å². The highest BCUT2D eigenvalue weighted by Crippen LogP contribution is 2.28. The minimum Gasteiger partial charge on any atom is -0.497 e. The highest BCUT2D eigenvalue weighted by molar-refractivity contribution is 8.15. The van der Waals surface area contributed by atoms with Gasteiger partial charge in [0.1, 0.15) is 5.75 Å². The molecule has 5 nitrogen and oxygen atoms in total. The molecule has 0 aliphatic carbocycles. The fourth-order valence-electron chi connectivity index (χ4n) is 2.52. The van der Waals surface area contributed by atoms with Gasteiger partial charge in [0.15, 0.2) is 5.17 Å². The second-order valence-corrected chi connectivity index (χ2v) is 7.38. The zero-order valence-electron chi connectivity index (χ0n) is 15.0. The first kappa shape index (κ1) is 18.2. The Morgan fingerprint density at radius 2 is 1.85 bits per heavy atom. The van der Waals surface area contributed by atoms with Crippen molar-refractivity contribution in [3.05, 3.63) is 65.2 Å². The first-order chi connectivity index (χ1) is 12.6. The lowest BCUT2D eigenvalue weighted by Crippen LogP contribution is -2.30. The van der Waals surface area contributed by atoms with E-state index in [9.17, 15) is 4.79 Å². The smallest absolute Gasteiger partial charge is 0.242 e. The summed E-state index contributed by atoms with van der Waals surface area (Å²) in [5.74, 6) is 0.843. The summed E-state index contributed by atoms with van der Waals surface area (Å²) >= 11 is 1.43. The molecular formula is C20H21N3O2S. The lowest BCUT2D eigenvalue weighted by molar-refractivity contribution is -0.126. The summed E-state index contributed by atoms with van der Waals surface area (Å²) in [6, 6.07) is 15.7. The molecule has 1 aliphatic heterocycles. The molecule has 1 aliphatic rings. The van der Waals surface area contributed by atoms with Gasteiger partial charge in [-0.1, -0.05) is 53.7 Å². The number of methoxy groups -OCH3 is 1. The fourth-order valence-corrected chi connectivity index (χ4v) is 3.44. The topological polar surface area (TPSA) is 54.3 Å². The molecule has 0 bridgehead atoms. The highest BCUT2D eigenvalue weighted by Gasteiger charge is 2.35. The number of rotatable bonds is 5. The molecule has 134 valence electrons. The average Bonchev–Trinajstić information content (AvgIpc) is 2.92. The van der Waals surface area contributed by atoms with Crippen LogP contribution in [0.3, 0.4) is 0 Å². The Bertz CT molecular complexity index is 829. The molecule has 0 aromatic heterocycles. The number of carbonyl (C=O) groups is 1. The summed E-state index contributed by atoms with van der Waals surface area (Å²) in [6.45, 7) is 4.40. The summed E-state index contributed by atoms with van der Waals surface area (Å²) in [7, 11) is 1.63. The van der Waals surface area contributed by atoms with Gasteiger partial charge in [0, 0.05) is 0 Å². The van der Waals surface area contributed by atoms with Crippen LogP contribution in [0.1, 0.15) is 23.6 Å². The Morgan fingerprint density at radius 1 is 1.15 bits per heavy atom. The molecule has 1 fully saturated rings. The van der Waals surface area contributed by atoms with E-state index >= 15 is 0 Å². The average molecular weight is 367 g/mol. The number of benzene rings is 2. The second kappa shape index (κ2) is 8.19. The predicted octanol–water partition coefficient (Wildman–Crippen LogP) is 3.86. The molecule has 0 unspecified atom stereocenters. The van der Waals surface area contributed by atoms with Crippen molar-refractivity contribution in [2.75, 3.05) is 7.11 Å². The summed E-state index contributed by atoms with van der Waals surface area (Å²) in [5, 5.41) is 8.93. The van der Waals surface area contributed by atoms with E-state index in [1.807, 2.05) is 62.4 Å². The first-order valence-corrected chi connectivity index (χ1v) is 9.23. The van der Waals surface area contributed by atoms with Gasteiger partial charge < -0.3 is 4.74 Å². The van der Waals surface area contributed by atoms with Crippen molar-refractivity contribution in [1.29, 1.82) is 0 Å². The number of thioether (sulfide) groups is 1. The van der Waals surface area contributed by atoms with Crippen LogP contribution >= 0.6 is 11.8 Å². The van der Waals surface area contributed by atoms with Crippen molar-refractivity contribution in [1.82, 2.24) is 4.90 Å². The minimum absolute atomic E-state index is 0.0510. The molecule has 0 saturated carbocycles. The van der Waals surface area contributed by atoms with Crippen LogP contribution in [-0.2, 0) is 11.3 Å².